The number of morpholine rings is 1. The highest BCUT2D eigenvalue weighted by Crippen LogP contribution is 2.22. The van der Waals surface area contributed by atoms with E-state index in [9.17, 15) is 9.59 Å². The van der Waals surface area contributed by atoms with E-state index < -0.39 is 5.97 Å². The van der Waals surface area contributed by atoms with E-state index in [1.165, 1.54) is 6.07 Å². The SMILES string of the molecule is CCOC(=O)c1cc2c(=O)c3cc(CCN4CCOCC4)ccc3oc2nc1N. The summed E-state index contributed by atoms with van der Waals surface area (Å²) in [6.07, 6.45) is 0.821. The van der Waals surface area contributed by atoms with Crippen molar-refractivity contribution in [2.45, 2.75) is 13.3 Å². The van der Waals surface area contributed by atoms with Crippen LogP contribution in [0.4, 0.5) is 5.82 Å². The molecule has 0 bridgehead atoms. The van der Waals surface area contributed by atoms with Gasteiger partial charge in [-0.05, 0) is 37.1 Å². The number of aromatic nitrogens is 1. The Labute approximate surface area is 167 Å². The molecule has 8 nitrogen and oxygen atoms in total. The van der Waals surface area contributed by atoms with E-state index in [1.807, 2.05) is 12.1 Å². The number of benzene rings is 1. The molecule has 1 aromatic carbocycles. The van der Waals surface area contributed by atoms with Gasteiger partial charge in [0, 0.05) is 19.6 Å². The molecule has 29 heavy (non-hydrogen) atoms. The summed E-state index contributed by atoms with van der Waals surface area (Å²) in [6, 6.07) is 6.98. The number of rotatable bonds is 5. The normalized spacial score (nSPS) is 15.1. The average Bonchev–Trinajstić information content (AvgIpc) is 2.73. The molecule has 0 radical (unpaired) electrons. The predicted molar refractivity (Wildman–Crippen MR) is 109 cm³/mol. The Balaban J connectivity index is 1.70. The van der Waals surface area contributed by atoms with Crippen LogP contribution in [-0.2, 0) is 15.9 Å². The highest BCUT2D eigenvalue weighted by Gasteiger charge is 2.18. The number of hydrogen-bond acceptors (Lipinski definition) is 8. The van der Waals surface area contributed by atoms with E-state index in [2.05, 4.69) is 9.88 Å². The summed E-state index contributed by atoms with van der Waals surface area (Å²) in [5.41, 5.74) is 7.27. The minimum absolute atomic E-state index is 0.0272. The lowest BCUT2D eigenvalue weighted by Crippen LogP contribution is -2.37. The van der Waals surface area contributed by atoms with Gasteiger partial charge >= 0.3 is 5.97 Å². The van der Waals surface area contributed by atoms with E-state index >= 15 is 0 Å². The summed E-state index contributed by atoms with van der Waals surface area (Å²) < 4.78 is 16.1. The summed E-state index contributed by atoms with van der Waals surface area (Å²) in [6.45, 7) is 6.16. The van der Waals surface area contributed by atoms with Crippen molar-refractivity contribution in [2.75, 3.05) is 45.2 Å². The zero-order valence-corrected chi connectivity index (χ0v) is 16.3. The number of carbonyl (C=O) groups excluding carboxylic acids is 1. The summed E-state index contributed by atoms with van der Waals surface area (Å²) >= 11 is 0. The van der Waals surface area contributed by atoms with Crippen LogP contribution in [0.2, 0.25) is 0 Å². The van der Waals surface area contributed by atoms with E-state index in [4.69, 9.17) is 19.6 Å². The Morgan fingerprint density at radius 3 is 2.79 bits per heavy atom. The molecule has 1 saturated heterocycles. The number of nitrogen functional groups attached to an aromatic ring is 1. The van der Waals surface area contributed by atoms with Gasteiger partial charge in [-0.2, -0.15) is 4.98 Å². The monoisotopic (exact) mass is 397 g/mol. The van der Waals surface area contributed by atoms with Crippen molar-refractivity contribution in [1.29, 1.82) is 0 Å². The Kier molecular flexibility index (Phi) is 5.46. The largest absolute Gasteiger partial charge is 0.462 e. The van der Waals surface area contributed by atoms with E-state index in [-0.39, 0.29) is 34.5 Å². The number of pyridine rings is 1. The lowest BCUT2D eigenvalue weighted by atomic mass is 10.1. The fourth-order valence-electron chi connectivity index (χ4n) is 3.48. The van der Waals surface area contributed by atoms with Gasteiger partial charge in [0.05, 0.1) is 30.6 Å². The van der Waals surface area contributed by atoms with Crippen LogP contribution in [0.3, 0.4) is 0 Å². The molecule has 0 spiro atoms. The summed E-state index contributed by atoms with van der Waals surface area (Å²) in [5.74, 6) is -0.640. The molecule has 2 N–H and O–H groups in total. The van der Waals surface area contributed by atoms with Gasteiger partial charge in [-0.1, -0.05) is 6.07 Å². The standard InChI is InChI=1S/C21H23N3O5/c1-2-28-21(26)16-12-15-18(25)14-11-13(5-6-24-7-9-27-10-8-24)3-4-17(14)29-20(15)23-19(16)22/h3-4,11-12H,2,5-10H2,1H3,(H2,22,23). The highest BCUT2D eigenvalue weighted by molar-refractivity contribution is 5.99. The molecule has 0 saturated carbocycles. The van der Waals surface area contributed by atoms with E-state index in [0.29, 0.717) is 11.0 Å². The lowest BCUT2D eigenvalue weighted by Gasteiger charge is -2.26. The quantitative estimate of drug-likeness (QED) is 0.514. The number of nitrogens with two attached hydrogens (primary N) is 1. The van der Waals surface area contributed by atoms with Gasteiger partial charge in [0.1, 0.15) is 17.0 Å². The number of anilines is 1. The Bertz CT molecular complexity index is 1120. The minimum atomic E-state index is -0.613. The number of nitrogens with zero attached hydrogens (tertiary/aromatic N) is 2. The van der Waals surface area contributed by atoms with Crippen LogP contribution in [0.25, 0.3) is 22.1 Å². The summed E-state index contributed by atoms with van der Waals surface area (Å²) in [5, 5.41) is 0.665. The van der Waals surface area contributed by atoms with Crippen molar-refractivity contribution < 1.29 is 18.7 Å². The second-order valence-corrected chi connectivity index (χ2v) is 6.96. The molecule has 8 heteroatoms. The van der Waals surface area contributed by atoms with Crippen molar-refractivity contribution in [1.82, 2.24) is 9.88 Å². The fraction of sp³-hybridized carbons (Fsp3) is 0.381. The molecule has 0 unspecified atom stereocenters. The van der Waals surface area contributed by atoms with Crippen LogP contribution in [-0.4, -0.2) is 55.3 Å². The maximum absolute atomic E-state index is 13.1. The number of esters is 1. The molecule has 1 aliphatic rings. The maximum atomic E-state index is 13.1. The Morgan fingerprint density at radius 2 is 2.03 bits per heavy atom. The number of hydrogen-bond donors (Lipinski definition) is 1. The van der Waals surface area contributed by atoms with Crippen molar-refractivity contribution >= 4 is 33.9 Å². The first kappa shape index (κ1) is 19.4. The molecule has 3 heterocycles. The molecule has 0 aliphatic carbocycles. The third kappa shape index (κ3) is 3.94. The summed E-state index contributed by atoms with van der Waals surface area (Å²) in [4.78, 5) is 31.6. The molecule has 0 amide bonds. The lowest BCUT2D eigenvalue weighted by molar-refractivity contribution is 0.0384. The van der Waals surface area contributed by atoms with Crippen molar-refractivity contribution in [3.63, 3.8) is 0 Å². The van der Waals surface area contributed by atoms with Crippen molar-refractivity contribution in [2.24, 2.45) is 0 Å². The molecular weight excluding hydrogens is 374 g/mol. The van der Waals surface area contributed by atoms with Gasteiger partial charge in [-0.15, -0.1) is 0 Å². The van der Waals surface area contributed by atoms with E-state index in [0.717, 1.165) is 44.8 Å². The molecule has 1 aliphatic heterocycles. The fourth-order valence-corrected chi connectivity index (χ4v) is 3.48. The van der Waals surface area contributed by atoms with Crippen LogP contribution in [0.5, 0.6) is 0 Å². The zero-order chi connectivity index (χ0) is 20.4. The predicted octanol–water partition coefficient (Wildman–Crippen LogP) is 1.97. The maximum Gasteiger partial charge on any atom is 0.341 e. The average molecular weight is 397 g/mol. The number of carbonyl (C=O) groups is 1. The Morgan fingerprint density at radius 1 is 1.24 bits per heavy atom. The molecule has 2 aromatic heterocycles. The van der Waals surface area contributed by atoms with Crippen LogP contribution < -0.4 is 11.2 Å². The zero-order valence-electron chi connectivity index (χ0n) is 16.3. The second kappa shape index (κ2) is 8.18. The van der Waals surface area contributed by atoms with Crippen LogP contribution in [0.1, 0.15) is 22.8 Å². The van der Waals surface area contributed by atoms with Gasteiger partial charge in [-0.25, -0.2) is 4.79 Å². The highest BCUT2D eigenvalue weighted by atomic mass is 16.5. The summed E-state index contributed by atoms with van der Waals surface area (Å²) in [7, 11) is 0. The van der Waals surface area contributed by atoms with Gasteiger partial charge in [-0.3, -0.25) is 9.69 Å². The van der Waals surface area contributed by atoms with Crippen molar-refractivity contribution in [3.05, 3.63) is 45.6 Å². The van der Waals surface area contributed by atoms with Crippen LogP contribution in [0.15, 0.2) is 33.5 Å². The molecule has 0 atom stereocenters. The topological polar surface area (TPSA) is 108 Å². The van der Waals surface area contributed by atoms with Gasteiger partial charge in [0.2, 0.25) is 11.1 Å². The number of fused-ring (bicyclic) bond motifs is 2. The first-order chi connectivity index (χ1) is 14.1. The second-order valence-electron chi connectivity index (χ2n) is 6.96. The third-order valence-corrected chi connectivity index (χ3v) is 5.07. The molecular formula is C21H23N3O5. The first-order valence-electron chi connectivity index (χ1n) is 9.70. The van der Waals surface area contributed by atoms with Crippen molar-refractivity contribution in [3.8, 4) is 0 Å². The van der Waals surface area contributed by atoms with Gasteiger partial charge < -0.3 is 19.6 Å². The smallest absolute Gasteiger partial charge is 0.341 e. The van der Waals surface area contributed by atoms with Gasteiger partial charge in [0.25, 0.3) is 0 Å². The van der Waals surface area contributed by atoms with Gasteiger partial charge in [0.15, 0.2) is 0 Å². The molecule has 4 rings (SSSR count). The third-order valence-electron chi connectivity index (χ3n) is 5.07. The minimum Gasteiger partial charge on any atom is -0.462 e. The number of ether oxygens (including phenoxy) is 2. The first-order valence-corrected chi connectivity index (χ1v) is 9.70. The molecule has 152 valence electrons. The van der Waals surface area contributed by atoms with Crippen LogP contribution >= 0.6 is 0 Å². The Hall–Kier alpha value is -2.97. The van der Waals surface area contributed by atoms with Crippen LogP contribution in [0, 0.1) is 0 Å². The molecule has 1 fully saturated rings. The van der Waals surface area contributed by atoms with E-state index in [1.54, 1.807) is 13.0 Å². The molecule has 3 aromatic rings.